The number of rotatable bonds is 2. The van der Waals surface area contributed by atoms with Crippen molar-refractivity contribution < 1.29 is 5.11 Å². The van der Waals surface area contributed by atoms with Crippen LogP contribution in [0.4, 0.5) is 0 Å². The van der Waals surface area contributed by atoms with Gasteiger partial charge in [-0.1, -0.05) is 26.8 Å². The Morgan fingerprint density at radius 1 is 1.33 bits per heavy atom. The van der Waals surface area contributed by atoms with Crippen molar-refractivity contribution in [2.45, 2.75) is 52.6 Å². The molecule has 1 aliphatic rings. The van der Waals surface area contributed by atoms with E-state index >= 15 is 0 Å². The standard InChI is InChI=1S/C16H25NO/c1-11(16(2,3)4)17(5)15-9-6-12-10-13(18)7-8-14(12)15/h7-8,10-11,15,18H,6,9H2,1-5H3. The Bertz CT molecular complexity index is 433. The SMILES string of the molecule is CC(N(C)C1CCc2cc(O)ccc21)C(C)(C)C. The molecule has 0 aliphatic heterocycles. The summed E-state index contributed by atoms with van der Waals surface area (Å²) in [5.74, 6) is 0.390. The lowest BCUT2D eigenvalue weighted by atomic mass is 9.86. The van der Waals surface area contributed by atoms with Crippen molar-refractivity contribution >= 4 is 0 Å². The maximum absolute atomic E-state index is 9.55. The highest BCUT2D eigenvalue weighted by atomic mass is 16.3. The molecule has 2 nitrogen and oxygen atoms in total. The Hall–Kier alpha value is -1.02. The molecule has 1 N–H and O–H groups in total. The fourth-order valence-corrected chi connectivity index (χ4v) is 2.89. The molecule has 2 atom stereocenters. The van der Waals surface area contributed by atoms with Crippen molar-refractivity contribution in [3.63, 3.8) is 0 Å². The minimum absolute atomic E-state index is 0.286. The summed E-state index contributed by atoms with van der Waals surface area (Å²) >= 11 is 0. The van der Waals surface area contributed by atoms with E-state index < -0.39 is 0 Å². The molecule has 0 saturated heterocycles. The smallest absolute Gasteiger partial charge is 0.115 e. The van der Waals surface area contributed by atoms with Crippen LogP contribution in [0, 0.1) is 5.41 Å². The highest BCUT2D eigenvalue weighted by molar-refractivity contribution is 5.40. The number of nitrogens with zero attached hydrogens (tertiary/aromatic N) is 1. The van der Waals surface area contributed by atoms with E-state index in [0.717, 1.165) is 12.8 Å². The Balaban J connectivity index is 2.23. The van der Waals surface area contributed by atoms with Gasteiger partial charge in [-0.05, 0) is 55.5 Å². The number of benzene rings is 1. The minimum atomic E-state index is 0.286. The summed E-state index contributed by atoms with van der Waals surface area (Å²) in [4.78, 5) is 2.49. The zero-order valence-corrected chi connectivity index (χ0v) is 12.2. The maximum atomic E-state index is 9.55. The average molecular weight is 247 g/mol. The molecule has 2 heteroatoms. The summed E-state index contributed by atoms with van der Waals surface area (Å²) in [6.07, 6.45) is 2.24. The molecule has 0 heterocycles. The van der Waals surface area contributed by atoms with Crippen LogP contribution in [0.3, 0.4) is 0 Å². The van der Waals surface area contributed by atoms with Crippen LogP contribution in [0.5, 0.6) is 5.75 Å². The average Bonchev–Trinajstić information content (AvgIpc) is 2.68. The van der Waals surface area contributed by atoms with Gasteiger partial charge in [0.1, 0.15) is 5.75 Å². The Labute approximate surface area is 111 Å². The van der Waals surface area contributed by atoms with Crippen LogP contribution in [0.25, 0.3) is 0 Å². The molecule has 0 saturated carbocycles. The summed E-state index contributed by atoms with van der Waals surface area (Å²) < 4.78 is 0. The third kappa shape index (κ3) is 2.39. The van der Waals surface area contributed by atoms with Gasteiger partial charge in [0.15, 0.2) is 0 Å². The molecule has 2 rings (SSSR count). The van der Waals surface area contributed by atoms with Crippen LogP contribution in [0.15, 0.2) is 18.2 Å². The molecule has 1 aromatic carbocycles. The molecule has 100 valence electrons. The lowest BCUT2D eigenvalue weighted by Crippen LogP contribution is -2.40. The molecular formula is C16H25NO. The summed E-state index contributed by atoms with van der Waals surface area (Å²) in [6, 6.07) is 6.85. The van der Waals surface area contributed by atoms with Crippen molar-refractivity contribution in [2.24, 2.45) is 5.41 Å². The van der Waals surface area contributed by atoms with Crippen molar-refractivity contribution in [3.8, 4) is 5.75 Å². The zero-order valence-electron chi connectivity index (χ0n) is 12.2. The molecule has 0 radical (unpaired) electrons. The molecule has 0 spiro atoms. The monoisotopic (exact) mass is 247 g/mol. The number of aromatic hydroxyl groups is 1. The number of phenols is 1. The summed E-state index contributed by atoms with van der Waals surface area (Å²) in [5.41, 5.74) is 2.99. The summed E-state index contributed by atoms with van der Waals surface area (Å²) in [6.45, 7) is 9.18. The van der Waals surface area contributed by atoms with E-state index in [1.54, 1.807) is 0 Å². The third-order valence-corrected chi connectivity index (χ3v) is 4.53. The van der Waals surface area contributed by atoms with Gasteiger partial charge in [-0.25, -0.2) is 0 Å². The molecule has 0 fully saturated rings. The normalized spacial score (nSPS) is 21.1. The van der Waals surface area contributed by atoms with Gasteiger partial charge in [0.25, 0.3) is 0 Å². The Kier molecular flexibility index (Phi) is 3.41. The van der Waals surface area contributed by atoms with E-state index in [4.69, 9.17) is 0 Å². The molecule has 1 aliphatic carbocycles. The number of hydrogen-bond acceptors (Lipinski definition) is 2. The van der Waals surface area contributed by atoms with Gasteiger partial charge in [-0.2, -0.15) is 0 Å². The molecule has 2 unspecified atom stereocenters. The summed E-state index contributed by atoms with van der Waals surface area (Å²) in [5, 5.41) is 9.55. The van der Waals surface area contributed by atoms with E-state index in [2.05, 4.69) is 45.7 Å². The predicted molar refractivity (Wildman–Crippen MR) is 75.8 cm³/mol. The maximum Gasteiger partial charge on any atom is 0.115 e. The van der Waals surface area contributed by atoms with E-state index in [9.17, 15) is 5.11 Å². The zero-order chi connectivity index (χ0) is 13.5. The van der Waals surface area contributed by atoms with Crippen LogP contribution < -0.4 is 0 Å². The van der Waals surface area contributed by atoms with Crippen LogP contribution in [-0.2, 0) is 6.42 Å². The predicted octanol–water partition coefficient (Wildman–Crippen LogP) is 3.75. The first-order chi connectivity index (χ1) is 8.30. The molecule has 0 aromatic heterocycles. The van der Waals surface area contributed by atoms with Gasteiger partial charge < -0.3 is 5.11 Å². The van der Waals surface area contributed by atoms with Gasteiger partial charge >= 0.3 is 0 Å². The van der Waals surface area contributed by atoms with E-state index in [1.165, 1.54) is 11.1 Å². The van der Waals surface area contributed by atoms with Crippen molar-refractivity contribution in [2.75, 3.05) is 7.05 Å². The molecular weight excluding hydrogens is 222 g/mol. The highest BCUT2D eigenvalue weighted by Crippen LogP contribution is 2.39. The Morgan fingerprint density at radius 3 is 2.61 bits per heavy atom. The van der Waals surface area contributed by atoms with Crippen LogP contribution >= 0.6 is 0 Å². The fourth-order valence-electron chi connectivity index (χ4n) is 2.89. The van der Waals surface area contributed by atoms with Gasteiger partial charge in [0.05, 0.1) is 0 Å². The highest BCUT2D eigenvalue weighted by Gasteiger charge is 2.32. The Morgan fingerprint density at radius 2 is 2.00 bits per heavy atom. The lowest BCUT2D eigenvalue weighted by molar-refractivity contribution is 0.0972. The number of aryl methyl sites for hydroxylation is 1. The first kappa shape index (κ1) is 13.4. The van der Waals surface area contributed by atoms with Crippen LogP contribution in [0.1, 0.15) is 51.3 Å². The van der Waals surface area contributed by atoms with Crippen molar-refractivity contribution in [1.82, 2.24) is 4.90 Å². The minimum Gasteiger partial charge on any atom is -0.508 e. The second-order valence-corrected chi connectivity index (χ2v) is 6.65. The topological polar surface area (TPSA) is 23.5 Å². The van der Waals surface area contributed by atoms with Crippen molar-refractivity contribution in [3.05, 3.63) is 29.3 Å². The van der Waals surface area contributed by atoms with Gasteiger partial charge in [-0.15, -0.1) is 0 Å². The van der Waals surface area contributed by atoms with E-state index in [-0.39, 0.29) is 5.41 Å². The number of hydrogen-bond donors (Lipinski definition) is 1. The lowest BCUT2D eigenvalue weighted by Gasteiger charge is -2.39. The quantitative estimate of drug-likeness (QED) is 0.860. The first-order valence-electron chi connectivity index (χ1n) is 6.84. The van der Waals surface area contributed by atoms with Gasteiger partial charge in [0, 0.05) is 12.1 Å². The van der Waals surface area contributed by atoms with E-state index in [0.29, 0.717) is 17.8 Å². The molecule has 1 aromatic rings. The van der Waals surface area contributed by atoms with E-state index in [1.807, 2.05) is 12.1 Å². The summed E-state index contributed by atoms with van der Waals surface area (Å²) in [7, 11) is 2.22. The molecule has 0 amide bonds. The largest absolute Gasteiger partial charge is 0.508 e. The first-order valence-corrected chi connectivity index (χ1v) is 6.84. The fraction of sp³-hybridized carbons (Fsp3) is 0.625. The molecule has 18 heavy (non-hydrogen) atoms. The third-order valence-electron chi connectivity index (χ3n) is 4.53. The van der Waals surface area contributed by atoms with Crippen molar-refractivity contribution in [1.29, 1.82) is 0 Å². The van der Waals surface area contributed by atoms with Gasteiger partial charge in [-0.3, -0.25) is 4.90 Å². The number of phenolic OH excluding ortho intramolecular Hbond substituents is 1. The number of fused-ring (bicyclic) bond motifs is 1. The second-order valence-electron chi connectivity index (χ2n) is 6.65. The van der Waals surface area contributed by atoms with Crippen LogP contribution in [0.2, 0.25) is 0 Å². The van der Waals surface area contributed by atoms with Gasteiger partial charge in [0.2, 0.25) is 0 Å². The molecule has 0 bridgehead atoms. The van der Waals surface area contributed by atoms with Crippen LogP contribution in [-0.4, -0.2) is 23.1 Å². The second kappa shape index (κ2) is 4.58.